The standard InChI is InChI=1S/C20H12F2N6O/c21-11-2-4-14(22)13(8-11)19-24-15-6-3-12(9-17(15)25-19)23-20(29)10-1-5-16-18(7-10)27-28-26-16/h1-9H,(H,23,29)(H,24,25)(H,26,27,28). The van der Waals surface area contributed by atoms with Crippen LogP contribution in [0.2, 0.25) is 0 Å². The summed E-state index contributed by atoms with van der Waals surface area (Å²) in [6.45, 7) is 0. The summed E-state index contributed by atoms with van der Waals surface area (Å²) in [5.74, 6) is -1.25. The number of anilines is 1. The zero-order valence-electron chi connectivity index (χ0n) is 14.7. The van der Waals surface area contributed by atoms with E-state index in [0.29, 0.717) is 33.3 Å². The van der Waals surface area contributed by atoms with Gasteiger partial charge < -0.3 is 10.3 Å². The quantitative estimate of drug-likeness (QED) is 0.433. The van der Waals surface area contributed by atoms with Crippen LogP contribution in [0.3, 0.4) is 0 Å². The molecular formula is C20H12F2N6O. The van der Waals surface area contributed by atoms with Gasteiger partial charge in [-0.25, -0.2) is 13.8 Å². The average Bonchev–Trinajstić information content (AvgIpc) is 3.35. The number of rotatable bonds is 3. The normalized spacial score (nSPS) is 11.2. The largest absolute Gasteiger partial charge is 0.338 e. The van der Waals surface area contributed by atoms with Gasteiger partial charge in [-0.05, 0) is 54.6 Å². The lowest BCUT2D eigenvalue weighted by Crippen LogP contribution is -2.11. The second-order valence-corrected chi connectivity index (χ2v) is 6.42. The SMILES string of the molecule is O=C(Nc1ccc2nc(-c3cc(F)ccc3F)[nH]c2c1)c1ccc2n[nH]nc2c1. The van der Waals surface area contributed by atoms with Crippen LogP contribution in [0.1, 0.15) is 10.4 Å². The Hall–Kier alpha value is -4.14. The molecule has 0 aliphatic rings. The summed E-state index contributed by atoms with van der Waals surface area (Å²) in [7, 11) is 0. The van der Waals surface area contributed by atoms with Crippen molar-refractivity contribution >= 4 is 33.7 Å². The van der Waals surface area contributed by atoms with Gasteiger partial charge in [0, 0.05) is 11.3 Å². The fourth-order valence-electron chi connectivity index (χ4n) is 3.08. The Bertz CT molecular complexity index is 1390. The Labute approximate surface area is 161 Å². The zero-order valence-corrected chi connectivity index (χ0v) is 14.7. The topological polar surface area (TPSA) is 99.4 Å². The van der Waals surface area contributed by atoms with E-state index in [9.17, 15) is 13.6 Å². The smallest absolute Gasteiger partial charge is 0.255 e. The molecule has 2 heterocycles. The minimum Gasteiger partial charge on any atom is -0.338 e. The maximum atomic E-state index is 14.0. The van der Waals surface area contributed by atoms with Gasteiger partial charge in [-0.2, -0.15) is 15.4 Å². The molecule has 0 radical (unpaired) electrons. The molecule has 142 valence electrons. The van der Waals surface area contributed by atoms with Gasteiger partial charge >= 0.3 is 0 Å². The van der Waals surface area contributed by atoms with E-state index >= 15 is 0 Å². The van der Waals surface area contributed by atoms with Gasteiger partial charge in [0.2, 0.25) is 0 Å². The van der Waals surface area contributed by atoms with Crippen LogP contribution in [0.25, 0.3) is 33.5 Å². The van der Waals surface area contributed by atoms with Crippen LogP contribution < -0.4 is 5.32 Å². The van der Waals surface area contributed by atoms with Gasteiger partial charge in [0.25, 0.3) is 5.91 Å². The van der Waals surface area contributed by atoms with E-state index in [1.807, 2.05) is 0 Å². The highest BCUT2D eigenvalue weighted by atomic mass is 19.1. The second-order valence-electron chi connectivity index (χ2n) is 6.42. The Morgan fingerprint density at radius 3 is 2.62 bits per heavy atom. The number of imidazole rings is 1. The molecule has 5 rings (SSSR count). The lowest BCUT2D eigenvalue weighted by atomic mass is 10.2. The first-order chi connectivity index (χ1) is 14.1. The fraction of sp³-hybridized carbons (Fsp3) is 0. The number of hydrogen-bond acceptors (Lipinski definition) is 4. The molecule has 7 nitrogen and oxygen atoms in total. The van der Waals surface area contributed by atoms with Crippen molar-refractivity contribution in [1.29, 1.82) is 0 Å². The van der Waals surface area contributed by atoms with Crippen LogP contribution >= 0.6 is 0 Å². The molecule has 0 spiro atoms. The monoisotopic (exact) mass is 390 g/mol. The predicted molar refractivity (Wildman–Crippen MR) is 103 cm³/mol. The number of aromatic nitrogens is 5. The first-order valence-electron chi connectivity index (χ1n) is 8.64. The molecule has 9 heteroatoms. The van der Waals surface area contributed by atoms with E-state index in [0.717, 1.165) is 18.2 Å². The van der Waals surface area contributed by atoms with Crippen LogP contribution in [-0.2, 0) is 0 Å². The molecule has 0 atom stereocenters. The number of fused-ring (bicyclic) bond motifs is 2. The molecule has 0 unspecified atom stereocenters. The molecule has 0 aliphatic carbocycles. The minimum absolute atomic E-state index is 0.0349. The van der Waals surface area contributed by atoms with Crippen molar-refractivity contribution in [3.8, 4) is 11.4 Å². The molecule has 3 N–H and O–H groups in total. The van der Waals surface area contributed by atoms with E-state index in [2.05, 4.69) is 30.7 Å². The highest BCUT2D eigenvalue weighted by Gasteiger charge is 2.13. The summed E-state index contributed by atoms with van der Waals surface area (Å²) in [6.07, 6.45) is 0. The van der Waals surface area contributed by atoms with E-state index in [-0.39, 0.29) is 17.3 Å². The molecule has 0 saturated heterocycles. The Morgan fingerprint density at radius 1 is 0.897 bits per heavy atom. The van der Waals surface area contributed by atoms with Crippen molar-refractivity contribution in [2.24, 2.45) is 0 Å². The summed E-state index contributed by atoms with van der Waals surface area (Å²) in [4.78, 5) is 19.8. The third kappa shape index (κ3) is 3.08. The number of hydrogen-bond donors (Lipinski definition) is 3. The molecule has 0 saturated carbocycles. The number of amides is 1. The predicted octanol–water partition coefficient (Wildman–Crippen LogP) is 4.03. The molecule has 0 fully saturated rings. The van der Waals surface area contributed by atoms with Gasteiger partial charge in [-0.15, -0.1) is 0 Å². The number of halogens is 2. The number of carbonyl (C=O) groups excluding carboxylic acids is 1. The number of nitrogens with one attached hydrogen (secondary N) is 3. The summed E-state index contributed by atoms with van der Waals surface area (Å²) in [5, 5.41) is 13.2. The molecule has 0 aliphatic heterocycles. The van der Waals surface area contributed by atoms with Crippen molar-refractivity contribution in [1.82, 2.24) is 25.4 Å². The van der Waals surface area contributed by atoms with E-state index in [1.165, 1.54) is 0 Å². The van der Waals surface area contributed by atoms with E-state index in [1.54, 1.807) is 36.4 Å². The summed E-state index contributed by atoms with van der Waals surface area (Å²) < 4.78 is 27.5. The second kappa shape index (κ2) is 6.48. The molecule has 3 aromatic carbocycles. The van der Waals surface area contributed by atoms with E-state index < -0.39 is 11.6 Å². The number of benzene rings is 3. The number of carbonyl (C=O) groups is 1. The lowest BCUT2D eigenvalue weighted by molar-refractivity contribution is 0.102. The summed E-state index contributed by atoms with van der Waals surface area (Å²) in [6, 6.07) is 13.2. The van der Waals surface area contributed by atoms with Gasteiger partial charge in [-0.1, -0.05) is 0 Å². The first-order valence-corrected chi connectivity index (χ1v) is 8.64. The highest BCUT2D eigenvalue weighted by molar-refractivity contribution is 6.06. The summed E-state index contributed by atoms with van der Waals surface area (Å²) in [5.41, 5.74) is 3.38. The van der Waals surface area contributed by atoms with Crippen molar-refractivity contribution in [2.75, 3.05) is 5.32 Å². The van der Waals surface area contributed by atoms with Gasteiger partial charge in [0.1, 0.15) is 28.5 Å². The van der Waals surface area contributed by atoms with Crippen molar-refractivity contribution < 1.29 is 13.6 Å². The third-order valence-electron chi connectivity index (χ3n) is 4.50. The molecule has 0 bridgehead atoms. The van der Waals surface area contributed by atoms with Crippen molar-refractivity contribution in [3.63, 3.8) is 0 Å². The van der Waals surface area contributed by atoms with Gasteiger partial charge in [0.15, 0.2) is 0 Å². The van der Waals surface area contributed by atoms with Crippen LogP contribution in [0, 0.1) is 11.6 Å². The Balaban J connectivity index is 1.45. The highest BCUT2D eigenvalue weighted by Crippen LogP contribution is 2.26. The molecule has 2 aromatic heterocycles. The molecule has 29 heavy (non-hydrogen) atoms. The molecule has 1 amide bonds. The Morgan fingerprint density at radius 2 is 1.72 bits per heavy atom. The van der Waals surface area contributed by atoms with Crippen LogP contribution in [0.15, 0.2) is 54.6 Å². The lowest BCUT2D eigenvalue weighted by Gasteiger charge is -2.05. The number of nitrogens with zero attached hydrogens (tertiary/aromatic N) is 3. The van der Waals surface area contributed by atoms with Gasteiger partial charge in [0.05, 0.1) is 16.6 Å². The van der Waals surface area contributed by atoms with E-state index in [4.69, 9.17) is 0 Å². The summed E-state index contributed by atoms with van der Waals surface area (Å²) >= 11 is 0. The zero-order chi connectivity index (χ0) is 20.0. The fourth-order valence-corrected chi connectivity index (χ4v) is 3.08. The minimum atomic E-state index is -0.581. The molecule has 5 aromatic rings. The number of aromatic amines is 2. The number of H-pyrrole nitrogens is 2. The first kappa shape index (κ1) is 17.0. The van der Waals surface area contributed by atoms with Crippen molar-refractivity contribution in [3.05, 3.63) is 71.8 Å². The maximum Gasteiger partial charge on any atom is 0.255 e. The van der Waals surface area contributed by atoms with Crippen molar-refractivity contribution in [2.45, 2.75) is 0 Å². The third-order valence-corrected chi connectivity index (χ3v) is 4.50. The Kier molecular flexibility index (Phi) is 3.80. The van der Waals surface area contributed by atoms with Gasteiger partial charge in [-0.3, -0.25) is 4.79 Å². The van der Waals surface area contributed by atoms with Crippen LogP contribution in [0.5, 0.6) is 0 Å². The van der Waals surface area contributed by atoms with Crippen LogP contribution in [-0.4, -0.2) is 31.3 Å². The van der Waals surface area contributed by atoms with Crippen LogP contribution in [0.4, 0.5) is 14.5 Å². The molecular weight excluding hydrogens is 378 g/mol. The average molecular weight is 390 g/mol. The maximum absolute atomic E-state index is 14.0.